The molecule has 26 heavy (non-hydrogen) atoms. The molecule has 2 nitrogen and oxygen atoms in total. The predicted molar refractivity (Wildman–Crippen MR) is 116 cm³/mol. The van der Waals surface area contributed by atoms with Crippen LogP contribution < -0.4 is 0 Å². The van der Waals surface area contributed by atoms with E-state index < -0.39 is 0 Å². The molecule has 0 aliphatic rings. The maximum Gasteiger partial charge on any atom is -0.0219 e. The van der Waals surface area contributed by atoms with E-state index in [0.717, 1.165) is 0 Å². The van der Waals surface area contributed by atoms with Crippen LogP contribution >= 0.6 is 0 Å². The summed E-state index contributed by atoms with van der Waals surface area (Å²) in [6, 6.07) is 17.8. The maximum absolute atomic E-state index is 2.31. The van der Waals surface area contributed by atoms with E-state index in [-0.39, 0.29) is 11.0 Å². The van der Waals surface area contributed by atoms with Gasteiger partial charge in [0.2, 0.25) is 0 Å². The molecule has 148 valence electrons. The number of hydrogen-bond donors (Lipinski definition) is 0. The third kappa shape index (κ3) is 8.64. The summed E-state index contributed by atoms with van der Waals surface area (Å²) < 4.78 is 0. The molecule has 2 aromatic rings. The van der Waals surface area contributed by atoms with Crippen molar-refractivity contribution in [2.45, 2.75) is 79.1 Å². The Morgan fingerprint density at radius 2 is 0.615 bits per heavy atom. The van der Waals surface area contributed by atoms with Crippen LogP contribution in [0.15, 0.2) is 48.5 Å². The van der Waals surface area contributed by atoms with Crippen molar-refractivity contribution in [2.75, 3.05) is 0 Å². The Balaban J connectivity index is 0. The van der Waals surface area contributed by atoms with Gasteiger partial charge in [-0.2, -0.15) is 0 Å². The second-order valence-corrected chi connectivity index (χ2v) is 7.96. The summed E-state index contributed by atoms with van der Waals surface area (Å²) in [6.45, 7) is 17.9. The van der Waals surface area contributed by atoms with Crippen molar-refractivity contribution in [1.29, 1.82) is 0 Å². The Hall–Kier alpha value is -1.64. The molecule has 2 aromatic carbocycles. The van der Waals surface area contributed by atoms with Gasteiger partial charge in [0, 0.05) is 0 Å². The first-order chi connectivity index (χ1) is 11.2. The van der Waals surface area contributed by atoms with Crippen molar-refractivity contribution in [2.24, 2.45) is 0 Å². The first-order valence-electron chi connectivity index (χ1n) is 9.42. The Morgan fingerprint density at radius 3 is 0.769 bits per heavy atom. The van der Waals surface area contributed by atoms with Crippen LogP contribution in [0.1, 0.15) is 101 Å². The molecule has 0 aliphatic carbocycles. The highest BCUT2D eigenvalue weighted by atomic mass is 16.0. The average Bonchev–Trinajstić information content (AvgIpc) is 2.55. The van der Waals surface area contributed by atoms with Gasteiger partial charge in [0.15, 0.2) is 0 Å². The lowest BCUT2D eigenvalue weighted by atomic mass is 9.96. The molecule has 2 heteroatoms. The fraction of sp³-hybridized carbons (Fsp3) is 0.500. The molecule has 0 saturated carbocycles. The van der Waals surface area contributed by atoms with Crippen molar-refractivity contribution < 1.29 is 11.0 Å². The zero-order valence-corrected chi connectivity index (χ0v) is 17.9. The van der Waals surface area contributed by atoms with E-state index in [1.54, 1.807) is 0 Å². The highest BCUT2D eigenvalue weighted by Gasteiger charge is 2.03. The SMILES string of the molecule is CC(C)c1cccc(C(C)C)c1.CC(C)c1cccc(C(C)C)c1.O.O. The fourth-order valence-electron chi connectivity index (χ4n) is 2.55. The van der Waals surface area contributed by atoms with Crippen LogP contribution in [0.3, 0.4) is 0 Å². The van der Waals surface area contributed by atoms with Crippen molar-refractivity contribution in [3.05, 3.63) is 70.8 Å². The van der Waals surface area contributed by atoms with Crippen molar-refractivity contribution >= 4 is 0 Å². The van der Waals surface area contributed by atoms with E-state index in [0.29, 0.717) is 23.7 Å². The van der Waals surface area contributed by atoms with Gasteiger partial charge < -0.3 is 11.0 Å². The van der Waals surface area contributed by atoms with Crippen LogP contribution in [0.25, 0.3) is 0 Å². The van der Waals surface area contributed by atoms with E-state index in [2.05, 4.69) is 104 Å². The highest BCUT2D eigenvalue weighted by Crippen LogP contribution is 2.21. The molecule has 0 amide bonds. The largest absolute Gasteiger partial charge is 0.412 e. The van der Waals surface area contributed by atoms with Gasteiger partial charge in [-0.1, -0.05) is 104 Å². The van der Waals surface area contributed by atoms with Crippen molar-refractivity contribution in [1.82, 2.24) is 0 Å². The van der Waals surface area contributed by atoms with Gasteiger partial charge in [-0.05, 0) is 45.9 Å². The Kier molecular flexibility index (Phi) is 13.0. The molecule has 0 bridgehead atoms. The van der Waals surface area contributed by atoms with Gasteiger partial charge in [0.1, 0.15) is 0 Å². The second kappa shape index (κ2) is 12.7. The minimum Gasteiger partial charge on any atom is -0.412 e. The predicted octanol–water partition coefficient (Wildman–Crippen LogP) is 6.22. The van der Waals surface area contributed by atoms with Gasteiger partial charge in [0.25, 0.3) is 0 Å². The molecule has 0 radical (unpaired) electrons. The Labute approximate surface area is 161 Å². The first-order valence-corrected chi connectivity index (χ1v) is 9.42. The molecule has 0 aliphatic heterocycles. The summed E-state index contributed by atoms with van der Waals surface area (Å²) in [5.41, 5.74) is 5.78. The second-order valence-electron chi connectivity index (χ2n) is 7.96. The molecule has 0 aromatic heterocycles. The number of rotatable bonds is 4. The van der Waals surface area contributed by atoms with Gasteiger partial charge in [-0.3, -0.25) is 0 Å². The Bertz CT molecular complexity index is 511. The summed E-state index contributed by atoms with van der Waals surface area (Å²) in [5, 5.41) is 0. The highest BCUT2D eigenvalue weighted by molar-refractivity contribution is 5.28. The molecule has 0 atom stereocenters. The van der Waals surface area contributed by atoms with Crippen molar-refractivity contribution in [3.63, 3.8) is 0 Å². The zero-order valence-electron chi connectivity index (χ0n) is 17.9. The minimum atomic E-state index is 0. The average molecular weight is 361 g/mol. The lowest BCUT2D eigenvalue weighted by Crippen LogP contribution is -1.91. The smallest absolute Gasteiger partial charge is 0.0219 e. The zero-order chi connectivity index (χ0) is 18.3. The summed E-state index contributed by atoms with van der Waals surface area (Å²) in [6.07, 6.45) is 0. The van der Waals surface area contributed by atoms with Crippen LogP contribution in [0, 0.1) is 0 Å². The molecule has 0 unspecified atom stereocenters. The monoisotopic (exact) mass is 360 g/mol. The molecule has 0 spiro atoms. The molecular weight excluding hydrogens is 320 g/mol. The van der Waals surface area contributed by atoms with E-state index in [4.69, 9.17) is 0 Å². The van der Waals surface area contributed by atoms with E-state index >= 15 is 0 Å². The summed E-state index contributed by atoms with van der Waals surface area (Å²) in [4.78, 5) is 0. The van der Waals surface area contributed by atoms with Crippen LogP contribution in [0.5, 0.6) is 0 Å². The lowest BCUT2D eigenvalue weighted by molar-refractivity contribution is 0.823. The van der Waals surface area contributed by atoms with Gasteiger partial charge in [-0.15, -0.1) is 0 Å². The Morgan fingerprint density at radius 1 is 0.423 bits per heavy atom. The van der Waals surface area contributed by atoms with E-state index in [9.17, 15) is 0 Å². The minimum absolute atomic E-state index is 0. The van der Waals surface area contributed by atoms with Crippen LogP contribution in [0.2, 0.25) is 0 Å². The molecule has 0 fully saturated rings. The fourth-order valence-corrected chi connectivity index (χ4v) is 2.55. The van der Waals surface area contributed by atoms with Crippen LogP contribution in [0.4, 0.5) is 0 Å². The number of hydrogen-bond acceptors (Lipinski definition) is 0. The van der Waals surface area contributed by atoms with Crippen LogP contribution in [-0.4, -0.2) is 11.0 Å². The number of benzene rings is 2. The maximum atomic E-state index is 2.31. The quantitative estimate of drug-likeness (QED) is 0.621. The normalized spacial score (nSPS) is 10.3. The molecule has 2 rings (SSSR count). The third-order valence-corrected chi connectivity index (χ3v) is 4.49. The lowest BCUT2D eigenvalue weighted by Gasteiger charge is -2.09. The van der Waals surface area contributed by atoms with Gasteiger partial charge in [-0.25, -0.2) is 0 Å². The van der Waals surface area contributed by atoms with Gasteiger partial charge in [0.05, 0.1) is 0 Å². The molecule has 0 heterocycles. The van der Waals surface area contributed by atoms with Crippen LogP contribution in [-0.2, 0) is 0 Å². The summed E-state index contributed by atoms with van der Waals surface area (Å²) >= 11 is 0. The third-order valence-electron chi connectivity index (χ3n) is 4.49. The summed E-state index contributed by atoms with van der Waals surface area (Å²) in [7, 11) is 0. The van der Waals surface area contributed by atoms with E-state index in [1.807, 2.05) is 0 Å². The summed E-state index contributed by atoms with van der Waals surface area (Å²) in [5.74, 6) is 2.57. The first kappa shape index (κ1) is 26.6. The van der Waals surface area contributed by atoms with Gasteiger partial charge >= 0.3 is 0 Å². The topological polar surface area (TPSA) is 63.0 Å². The standard InChI is InChI=1S/2C12H18.2H2O/c2*1-9(2)11-6-5-7-12(8-11)10(3)4;;/h2*5-10H,1-4H3;2*1H2. The van der Waals surface area contributed by atoms with Crippen molar-refractivity contribution in [3.8, 4) is 0 Å². The molecule has 4 N–H and O–H groups in total. The van der Waals surface area contributed by atoms with E-state index in [1.165, 1.54) is 22.3 Å². The molecule has 0 saturated heterocycles. The molecular formula is C24H40O2.